The van der Waals surface area contributed by atoms with Crippen molar-refractivity contribution in [3.8, 4) is 11.8 Å². The first-order chi connectivity index (χ1) is 7.27. The molecule has 0 N–H and O–H groups in total. The van der Waals surface area contributed by atoms with Gasteiger partial charge in [0.25, 0.3) is 0 Å². The van der Waals surface area contributed by atoms with Crippen molar-refractivity contribution < 1.29 is 9.13 Å². The van der Waals surface area contributed by atoms with Crippen molar-refractivity contribution in [2.75, 3.05) is 6.61 Å². The molecule has 0 aromatic heterocycles. The number of ether oxygens (including phenoxy) is 1. The van der Waals surface area contributed by atoms with E-state index in [4.69, 9.17) is 10.00 Å². The molecule has 1 aromatic rings. The number of nitrogens with zero attached hydrogens (tertiary/aromatic N) is 1. The van der Waals surface area contributed by atoms with E-state index in [-0.39, 0.29) is 12.2 Å². The molecule has 3 heteroatoms. The van der Waals surface area contributed by atoms with Crippen molar-refractivity contribution in [1.82, 2.24) is 0 Å². The summed E-state index contributed by atoms with van der Waals surface area (Å²) in [5.41, 5.74) is 0.466. The quantitative estimate of drug-likeness (QED) is 0.756. The second-order valence-electron chi connectivity index (χ2n) is 2.88. The van der Waals surface area contributed by atoms with E-state index >= 15 is 0 Å². The molecule has 1 aromatic carbocycles. The number of benzene rings is 1. The lowest BCUT2D eigenvalue weighted by atomic mass is 10.2. The third-order valence-electron chi connectivity index (χ3n) is 1.79. The van der Waals surface area contributed by atoms with Gasteiger partial charge in [-0.15, -0.1) is 0 Å². The van der Waals surface area contributed by atoms with Crippen LogP contribution in [0.3, 0.4) is 0 Å². The number of halogens is 1. The summed E-state index contributed by atoms with van der Waals surface area (Å²) in [4.78, 5) is 0. The molecule has 0 amide bonds. The highest BCUT2D eigenvalue weighted by molar-refractivity contribution is 5.51. The molecule has 0 spiro atoms. The smallest absolute Gasteiger partial charge is 0.134 e. The monoisotopic (exact) mass is 205 g/mol. The van der Waals surface area contributed by atoms with Crippen LogP contribution in [-0.4, -0.2) is 6.61 Å². The molecule has 0 atom stereocenters. The molecule has 0 fully saturated rings. The summed E-state index contributed by atoms with van der Waals surface area (Å²) < 4.78 is 18.5. The topological polar surface area (TPSA) is 33.0 Å². The van der Waals surface area contributed by atoms with Gasteiger partial charge in [0.1, 0.15) is 11.6 Å². The van der Waals surface area contributed by atoms with Gasteiger partial charge in [-0.2, -0.15) is 5.26 Å². The van der Waals surface area contributed by atoms with E-state index in [1.54, 1.807) is 24.3 Å². The molecule has 15 heavy (non-hydrogen) atoms. The minimum Gasteiger partial charge on any atom is -0.494 e. The highest BCUT2D eigenvalue weighted by atomic mass is 19.1. The minimum absolute atomic E-state index is 0.284. The predicted octanol–water partition coefficient (Wildman–Crippen LogP) is 3.15. The summed E-state index contributed by atoms with van der Waals surface area (Å²) in [5.74, 6) is 0.183. The zero-order valence-corrected chi connectivity index (χ0v) is 8.53. The zero-order valence-electron chi connectivity index (χ0n) is 8.53. The largest absolute Gasteiger partial charge is 0.494 e. The van der Waals surface area contributed by atoms with E-state index in [0.717, 1.165) is 0 Å². The lowest BCUT2D eigenvalue weighted by Gasteiger charge is -2.03. The molecule has 0 aliphatic rings. The first-order valence-electron chi connectivity index (χ1n) is 4.73. The SMILES string of the molecule is CCOc1ccc(C=CCC#N)c(F)c1. The Morgan fingerprint density at radius 3 is 2.93 bits per heavy atom. The molecule has 0 saturated carbocycles. The molecule has 0 aliphatic carbocycles. The Hall–Kier alpha value is -1.82. The Morgan fingerprint density at radius 2 is 2.33 bits per heavy atom. The van der Waals surface area contributed by atoms with Crippen LogP contribution in [0.5, 0.6) is 5.75 Å². The second-order valence-corrected chi connectivity index (χ2v) is 2.88. The molecule has 1 rings (SSSR count). The second kappa shape index (κ2) is 5.82. The van der Waals surface area contributed by atoms with Crippen molar-refractivity contribution in [2.45, 2.75) is 13.3 Å². The average molecular weight is 205 g/mol. The van der Waals surface area contributed by atoms with Crippen LogP contribution in [-0.2, 0) is 0 Å². The fourth-order valence-corrected chi connectivity index (χ4v) is 1.14. The van der Waals surface area contributed by atoms with Gasteiger partial charge in [0, 0.05) is 11.6 Å². The van der Waals surface area contributed by atoms with Crippen molar-refractivity contribution in [1.29, 1.82) is 5.26 Å². The van der Waals surface area contributed by atoms with E-state index in [0.29, 0.717) is 17.9 Å². The first-order valence-corrected chi connectivity index (χ1v) is 4.73. The molecule has 0 unspecified atom stereocenters. The number of rotatable bonds is 4. The van der Waals surface area contributed by atoms with Gasteiger partial charge in [-0.25, -0.2) is 4.39 Å². The van der Waals surface area contributed by atoms with Crippen LogP contribution in [0.4, 0.5) is 4.39 Å². The Labute approximate surface area is 88.6 Å². The van der Waals surface area contributed by atoms with Crippen molar-refractivity contribution in [3.05, 3.63) is 35.7 Å². The van der Waals surface area contributed by atoms with Gasteiger partial charge < -0.3 is 4.74 Å². The lowest BCUT2D eigenvalue weighted by molar-refractivity contribution is 0.338. The van der Waals surface area contributed by atoms with Crippen LogP contribution in [0, 0.1) is 17.1 Å². The highest BCUT2D eigenvalue weighted by Gasteiger charge is 2.00. The number of allylic oxidation sites excluding steroid dienone is 1. The van der Waals surface area contributed by atoms with E-state index in [1.165, 1.54) is 6.07 Å². The average Bonchev–Trinajstić information content (AvgIpc) is 2.22. The molecular formula is C12H12FNO. The van der Waals surface area contributed by atoms with Crippen LogP contribution in [0.2, 0.25) is 0 Å². The van der Waals surface area contributed by atoms with Crippen molar-refractivity contribution in [2.24, 2.45) is 0 Å². The predicted molar refractivity (Wildman–Crippen MR) is 56.8 cm³/mol. The van der Waals surface area contributed by atoms with Crippen LogP contribution in [0.15, 0.2) is 24.3 Å². The van der Waals surface area contributed by atoms with Crippen LogP contribution >= 0.6 is 0 Å². The number of hydrogen-bond acceptors (Lipinski definition) is 2. The summed E-state index contributed by atoms with van der Waals surface area (Å²) in [6.07, 6.45) is 3.50. The maximum absolute atomic E-state index is 13.4. The molecule has 0 bridgehead atoms. The normalized spacial score (nSPS) is 10.2. The molecule has 2 nitrogen and oxygen atoms in total. The molecule has 0 heterocycles. The van der Waals surface area contributed by atoms with Crippen LogP contribution in [0.1, 0.15) is 18.9 Å². The maximum atomic E-state index is 13.4. The Balaban J connectivity index is 2.79. The van der Waals surface area contributed by atoms with Crippen molar-refractivity contribution in [3.63, 3.8) is 0 Å². The molecule has 0 saturated heterocycles. The van der Waals surface area contributed by atoms with Gasteiger partial charge in [0.05, 0.1) is 19.1 Å². The third kappa shape index (κ3) is 3.43. The molecule has 0 aliphatic heterocycles. The lowest BCUT2D eigenvalue weighted by Crippen LogP contribution is -1.92. The van der Waals surface area contributed by atoms with Gasteiger partial charge in [0.2, 0.25) is 0 Å². The van der Waals surface area contributed by atoms with Gasteiger partial charge in [-0.1, -0.05) is 12.2 Å². The maximum Gasteiger partial charge on any atom is 0.134 e. The third-order valence-corrected chi connectivity index (χ3v) is 1.79. The van der Waals surface area contributed by atoms with E-state index in [9.17, 15) is 4.39 Å². The fourth-order valence-electron chi connectivity index (χ4n) is 1.14. The fraction of sp³-hybridized carbons (Fsp3) is 0.250. The zero-order chi connectivity index (χ0) is 11.1. The van der Waals surface area contributed by atoms with Gasteiger partial charge >= 0.3 is 0 Å². The highest BCUT2D eigenvalue weighted by Crippen LogP contribution is 2.17. The van der Waals surface area contributed by atoms with Gasteiger partial charge in [-0.05, 0) is 19.1 Å². The molecule has 0 radical (unpaired) electrons. The van der Waals surface area contributed by atoms with E-state index in [1.807, 2.05) is 13.0 Å². The minimum atomic E-state index is -0.338. The Bertz CT molecular complexity index is 393. The summed E-state index contributed by atoms with van der Waals surface area (Å²) in [6.45, 7) is 2.36. The van der Waals surface area contributed by atoms with Crippen LogP contribution in [0.25, 0.3) is 6.08 Å². The molecular weight excluding hydrogens is 193 g/mol. The summed E-state index contributed by atoms with van der Waals surface area (Å²) >= 11 is 0. The van der Waals surface area contributed by atoms with Crippen molar-refractivity contribution >= 4 is 6.08 Å². The van der Waals surface area contributed by atoms with Crippen LogP contribution < -0.4 is 4.74 Å². The summed E-state index contributed by atoms with van der Waals surface area (Å²) in [6, 6.07) is 6.64. The van der Waals surface area contributed by atoms with Gasteiger partial charge in [0.15, 0.2) is 0 Å². The number of nitriles is 1. The summed E-state index contributed by atoms with van der Waals surface area (Å²) in [7, 11) is 0. The number of hydrogen-bond donors (Lipinski definition) is 0. The molecule has 78 valence electrons. The Morgan fingerprint density at radius 1 is 1.53 bits per heavy atom. The standard InChI is InChI=1S/C12H12FNO/c1-2-15-11-7-6-10(12(13)9-11)5-3-4-8-14/h3,5-7,9H,2,4H2,1H3. The first kappa shape index (κ1) is 11.3. The van der Waals surface area contributed by atoms with Gasteiger partial charge in [-0.3, -0.25) is 0 Å². The van der Waals surface area contributed by atoms with E-state index in [2.05, 4.69) is 0 Å². The summed E-state index contributed by atoms with van der Waals surface area (Å²) in [5, 5.41) is 8.31. The van der Waals surface area contributed by atoms with E-state index < -0.39 is 0 Å². The Kier molecular flexibility index (Phi) is 4.36.